The Balaban J connectivity index is 1.48. The second-order valence-corrected chi connectivity index (χ2v) is 7.81. The van der Waals surface area contributed by atoms with Crippen molar-refractivity contribution in [1.29, 1.82) is 0 Å². The van der Waals surface area contributed by atoms with Crippen LogP contribution >= 0.6 is 11.6 Å². The minimum atomic E-state index is -0.722. The van der Waals surface area contributed by atoms with Crippen LogP contribution in [0.15, 0.2) is 36.4 Å². The molecule has 6 nitrogen and oxygen atoms in total. The Morgan fingerprint density at radius 3 is 2.81 bits per heavy atom. The molecule has 27 heavy (non-hydrogen) atoms. The number of hydrogen-bond acceptors (Lipinski definition) is 4. The lowest BCUT2D eigenvalue weighted by molar-refractivity contribution is -0.131. The molecule has 1 aromatic rings. The first-order valence-corrected chi connectivity index (χ1v) is 9.76. The summed E-state index contributed by atoms with van der Waals surface area (Å²) in [7, 11) is 0. The molecule has 0 radical (unpaired) electrons. The fourth-order valence-electron chi connectivity index (χ4n) is 4.38. The van der Waals surface area contributed by atoms with Gasteiger partial charge in [0, 0.05) is 23.9 Å². The number of aliphatic hydroxyl groups excluding tert-OH is 1. The third-order valence-corrected chi connectivity index (χ3v) is 5.93. The van der Waals surface area contributed by atoms with Gasteiger partial charge in [-0.05, 0) is 43.5 Å². The molecule has 4 atom stereocenters. The van der Waals surface area contributed by atoms with Crippen molar-refractivity contribution in [2.24, 2.45) is 11.8 Å². The molecule has 2 N–H and O–H groups in total. The third kappa shape index (κ3) is 3.16. The molecule has 2 fully saturated rings. The van der Waals surface area contributed by atoms with Crippen molar-refractivity contribution < 1.29 is 19.4 Å². The lowest BCUT2D eigenvalue weighted by Gasteiger charge is -2.23. The summed E-state index contributed by atoms with van der Waals surface area (Å²) in [6.07, 6.45) is 5.91. The number of amides is 2. The van der Waals surface area contributed by atoms with Gasteiger partial charge in [0.2, 0.25) is 11.8 Å². The Labute approximate surface area is 163 Å². The van der Waals surface area contributed by atoms with Crippen LogP contribution in [-0.4, -0.2) is 48.3 Å². The summed E-state index contributed by atoms with van der Waals surface area (Å²) in [6, 6.07) is 7.12. The lowest BCUT2D eigenvalue weighted by atomic mass is 9.77. The number of nitrogens with zero attached hydrogens (tertiary/aromatic N) is 1. The maximum atomic E-state index is 13.2. The summed E-state index contributed by atoms with van der Waals surface area (Å²) >= 11 is 5.95. The second-order valence-electron chi connectivity index (χ2n) is 7.38. The molecule has 1 aromatic carbocycles. The van der Waals surface area contributed by atoms with E-state index >= 15 is 0 Å². The van der Waals surface area contributed by atoms with Crippen LogP contribution in [0.25, 0.3) is 0 Å². The van der Waals surface area contributed by atoms with E-state index in [2.05, 4.69) is 5.32 Å². The van der Waals surface area contributed by atoms with Gasteiger partial charge >= 0.3 is 0 Å². The van der Waals surface area contributed by atoms with Crippen LogP contribution in [-0.2, 0) is 14.3 Å². The number of ether oxygens (including phenoxy) is 1. The number of rotatable bonds is 7. The van der Waals surface area contributed by atoms with E-state index in [9.17, 15) is 9.59 Å². The quantitative estimate of drug-likeness (QED) is 0.550. The van der Waals surface area contributed by atoms with Gasteiger partial charge in [0.15, 0.2) is 0 Å². The number of fused-ring (bicyclic) bond motifs is 1. The van der Waals surface area contributed by atoms with E-state index in [1.807, 2.05) is 24.3 Å². The topological polar surface area (TPSA) is 78.9 Å². The van der Waals surface area contributed by atoms with E-state index in [1.54, 1.807) is 17.0 Å². The molecule has 3 heterocycles. The number of aliphatic hydroxyl groups is 1. The zero-order valence-electron chi connectivity index (χ0n) is 14.9. The molecule has 2 saturated heterocycles. The molecule has 3 aliphatic heterocycles. The van der Waals surface area contributed by atoms with E-state index in [0.29, 0.717) is 18.1 Å². The number of carbonyl (C=O) groups excluding carboxylic acids is 2. The number of halogens is 1. The van der Waals surface area contributed by atoms with Crippen LogP contribution < -0.4 is 10.2 Å². The van der Waals surface area contributed by atoms with Crippen LogP contribution in [0, 0.1) is 11.8 Å². The van der Waals surface area contributed by atoms with Crippen molar-refractivity contribution in [2.45, 2.75) is 31.0 Å². The molecule has 7 heteroatoms. The van der Waals surface area contributed by atoms with Gasteiger partial charge < -0.3 is 20.1 Å². The van der Waals surface area contributed by atoms with E-state index in [0.717, 1.165) is 24.9 Å². The Morgan fingerprint density at radius 1 is 1.30 bits per heavy atom. The molecule has 1 spiro atoms. The standard InChI is InChI=1S/C20H23ClN2O4/c21-13-4-6-14(7-5-13)23-12-20-9-8-15(27-20)16(17(20)19(23)26)18(25)22-10-2-1-3-11-24/h4-9,15-17,24H,1-3,10-12H2,(H,22,25)/t15-,16+,17+,20+/m1/s1. The van der Waals surface area contributed by atoms with E-state index in [4.69, 9.17) is 21.4 Å². The first-order chi connectivity index (χ1) is 13.1. The first kappa shape index (κ1) is 18.5. The molecule has 0 saturated carbocycles. The molecule has 3 aliphatic rings. The minimum absolute atomic E-state index is 0.0791. The van der Waals surface area contributed by atoms with Crippen molar-refractivity contribution >= 4 is 29.1 Å². The van der Waals surface area contributed by atoms with Gasteiger partial charge in [-0.1, -0.05) is 23.8 Å². The predicted molar refractivity (Wildman–Crippen MR) is 101 cm³/mol. The van der Waals surface area contributed by atoms with Gasteiger partial charge in [-0.3, -0.25) is 9.59 Å². The molecule has 0 aliphatic carbocycles. The fourth-order valence-corrected chi connectivity index (χ4v) is 4.51. The van der Waals surface area contributed by atoms with Crippen molar-refractivity contribution in [3.05, 3.63) is 41.4 Å². The van der Waals surface area contributed by atoms with Crippen LogP contribution in [0.2, 0.25) is 5.02 Å². The average molecular weight is 391 g/mol. The number of benzene rings is 1. The molecule has 4 rings (SSSR count). The Bertz CT molecular complexity index is 766. The highest BCUT2D eigenvalue weighted by molar-refractivity contribution is 6.30. The summed E-state index contributed by atoms with van der Waals surface area (Å²) in [5.74, 6) is -1.21. The number of anilines is 1. The molecule has 0 unspecified atom stereocenters. The smallest absolute Gasteiger partial charge is 0.234 e. The van der Waals surface area contributed by atoms with Gasteiger partial charge in [0.1, 0.15) is 5.60 Å². The summed E-state index contributed by atoms with van der Waals surface area (Å²) in [4.78, 5) is 27.6. The highest BCUT2D eigenvalue weighted by Gasteiger charge is 2.66. The van der Waals surface area contributed by atoms with E-state index in [1.165, 1.54) is 0 Å². The maximum absolute atomic E-state index is 13.2. The van der Waals surface area contributed by atoms with Gasteiger partial charge in [-0.15, -0.1) is 0 Å². The predicted octanol–water partition coefficient (Wildman–Crippen LogP) is 1.91. The Kier molecular flexibility index (Phi) is 4.97. The summed E-state index contributed by atoms with van der Waals surface area (Å²) < 4.78 is 6.11. The summed E-state index contributed by atoms with van der Waals surface area (Å²) in [6.45, 7) is 1.11. The molecule has 2 bridgehead atoms. The van der Waals surface area contributed by atoms with Gasteiger partial charge in [0.05, 0.1) is 24.5 Å². The minimum Gasteiger partial charge on any atom is -0.396 e. The molecule has 2 amide bonds. The summed E-state index contributed by atoms with van der Waals surface area (Å²) in [5.41, 5.74) is 0.0390. The van der Waals surface area contributed by atoms with Crippen LogP contribution in [0.3, 0.4) is 0 Å². The maximum Gasteiger partial charge on any atom is 0.234 e. The van der Waals surface area contributed by atoms with Gasteiger partial charge in [-0.25, -0.2) is 0 Å². The number of unbranched alkanes of at least 4 members (excludes halogenated alkanes) is 2. The SMILES string of the molecule is O=C(NCCCCCO)[C@@H]1[C@H]2C(=O)N(c3ccc(Cl)cc3)C[C@@]23C=C[C@H]1O3. The molecular formula is C20H23ClN2O4. The number of nitrogens with one attached hydrogen (secondary N) is 1. The number of hydrogen-bond donors (Lipinski definition) is 2. The highest BCUT2D eigenvalue weighted by Crippen LogP contribution is 2.52. The normalized spacial score (nSPS) is 30.8. The fraction of sp³-hybridized carbons (Fsp3) is 0.500. The highest BCUT2D eigenvalue weighted by atomic mass is 35.5. The number of carbonyl (C=O) groups is 2. The monoisotopic (exact) mass is 390 g/mol. The van der Waals surface area contributed by atoms with Crippen LogP contribution in [0.5, 0.6) is 0 Å². The Hall–Kier alpha value is -1.89. The first-order valence-electron chi connectivity index (χ1n) is 9.38. The van der Waals surface area contributed by atoms with Crippen molar-refractivity contribution in [3.8, 4) is 0 Å². The summed E-state index contributed by atoms with van der Waals surface area (Å²) in [5, 5.41) is 12.4. The zero-order valence-corrected chi connectivity index (χ0v) is 15.7. The van der Waals surface area contributed by atoms with Crippen molar-refractivity contribution in [3.63, 3.8) is 0 Å². The van der Waals surface area contributed by atoms with E-state index < -0.39 is 17.4 Å². The largest absolute Gasteiger partial charge is 0.396 e. The van der Waals surface area contributed by atoms with Crippen LogP contribution in [0.1, 0.15) is 19.3 Å². The van der Waals surface area contributed by atoms with Gasteiger partial charge in [-0.2, -0.15) is 0 Å². The third-order valence-electron chi connectivity index (χ3n) is 5.68. The lowest BCUT2D eigenvalue weighted by Crippen LogP contribution is -2.44. The van der Waals surface area contributed by atoms with Crippen molar-refractivity contribution in [1.82, 2.24) is 5.32 Å². The molecular weight excluding hydrogens is 368 g/mol. The van der Waals surface area contributed by atoms with Crippen molar-refractivity contribution in [2.75, 3.05) is 24.6 Å². The molecule has 0 aromatic heterocycles. The van der Waals surface area contributed by atoms with E-state index in [-0.39, 0.29) is 24.5 Å². The van der Waals surface area contributed by atoms with Gasteiger partial charge in [0.25, 0.3) is 0 Å². The molecule has 144 valence electrons. The zero-order chi connectivity index (χ0) is 19.0. The average Bonchev–Trinajstić information content (AvgIpc) is 3.30. The second kappa shape index (κ2) is 7.26. The Morgan fingerprint density at radius 2 is 2.07 bits per heavy atom. The van der Waals surface area contributed by atoms with Crippen LogP contribution in [0.4, 0.5) is 5.69 Å².